The second kappa shape index (κ2) is 5.47. The molecule has 0 atom stereocenters. The zero-order chi connectivity index (χ0) is 14.0. The van der Waals surface area contributed by atoms with E-state index in [1.807, 2.05) is 0 Å². The van der Waals surface area contributed by atoms with Gasteiger partial charge in [-0.2, -0.15) is 0 Å². The van der Waals surface area contributed by atoms with E-state index >= 15 is 0 Å². The zero-order valence-electron chi connectivity index (χ0n) is 12.4. The Kier molecular flexibility index (Phi) is 4.11. The minimum atomic E-state index is 0.233. The fraction of sp³-hybridized carbons (Fsp3) is 0.533. The van der Waals surface area contributed by atoms with E-state index in [4.69, 9.17) is 0 Å². The molecular weight excluding hydrogens is 254 g/mol. The zero-order valence-corrected chi connectivity index (χ0v) is 13.3. The predicted molar refractivity (Wildman–Crippen MR) is 85.2 cm³/mol. The van der Waals surface area contributed by atoms with E-state index in [-0.39, 0.29) is 5.41 Å². The maximum Gasteiger partial charge on any atom is 0.183 e. The van der Waals surface area contributed by atoms with Gasteiger partial charge in [-0.15, -0.1) is 0 Å². The van der Waals surface area contributed by atoms with Crippen molar-refractivity contribution < 1.29 is 0 Å². The van der Waals surface area contributed by atoms with E-state index in [0.717, 1.165) is 23.7 Å². The van der Waals surface area contributed by atoms with Gasteiger partial charge in [0.05, 0.1) is 10.2 Å². The number of rotatable bonds is 5. The number of hydrogen-bond donors (Lipinski definition) is 1. The van der Waals surface area contributed by atoms with Crippen molar-refractivity contribution >= 4 is 26.7 Å². The summed E-state index contributed by atoms with van der Waals surface area (Å²) in [5.41, 5.74) is 2.60. The third-order valence-corrected chi connectivity index (χ3v) is 4.06. The molecule has 0 aliphatic rings. The van der Waals surface area contributed by atoms with Crippen LogP contribution in [0, 0.1) is 12.3 Å². The Morgan fingerprint density at radius 2 is 2.05 bits per heavy atom. The summed E-state index contributed by atoms with van der Waals surface area (Å²) < 4.78 is 1.26. The van der Waals surface area contributed by atoms with Gasteiger partial charge in [0.1, 0.15) is 0 Å². The van der Waals surface area contributed by atoms with Crippen molar-refractivity contribution in [3.8, 4) is 0 Å². The molecule has 2 aromatic rings. The Morgan fingerprint density at radius 3 is 2.68 bits per heavy atom. The van der Waals surface area contributed by atoms with Crippen LogP contribution in [0.1, 0.15) is 19.4 Å². The standard InChI is InChI=1S/C15H23N3S/c1-11-7-6-8-12-13(11)17-14(19-12)16-9-15(2,3)10-18(4)5/h6-8H,9-10H2,1-5H3,(H,16,17). The number of aromatic nitrogens is 1. The van der Waals surface area contributed by atoms with Crippen LogP contribution in [0.3, 0.4) is 0 Å². The first-order valence-corrected chi connectivity index (χ1v) is 7.44. The first kappa shape index (κ1) is 14.3. The molecule has 0 bridgehead atoms. The number of aryl methyl sites for hydroxylation is 1. The lowest BCUT2D eigenvalue weighted by atomic mass is 9.93. The number of nitrogens with zero attached hydrogens (tertiary/aromatic N) is 2. The first-order chi connectivity index (χ1) is 8.87. The van der Waals surface area contributed by atoms with Gasteiger partial charge in [0.15, 0.2) is 5.13 Å². The number of fused-ring (bicyclic) bond motifs is 1. The fourth-order valence-corrected chi connectivity index (χ4v) is 3.33. The summed E-state index contributed by atoms with van der Waals surface area (Å²) in [6, 6.07) is 6.34. The quantitative estimate of drug-likeness (QED) is 0.905. The molecule has 4 heteroatoms. The van der Waals surface area contributed by atoms with Crippen LogP contribution in [0.25, 0.3) is 10.2 Å². The maximum atomic E-state index is 4.69. The van der Waals surface area contributed by atoms with Crippen molar-refractivity contribution in [3.05, 3.63) is 23.8 Å². The van der Waals surface area contributed by atoms with Crippen molar-refractivity contribution in [1.29, 1.82) is 0 Å². The van der Waals surface area contributed by atoms with Crippen LogP contribution < -0.4 is 5.32 Å². The molecule has 104 valence electrons. The third kappa shape index (κ3) is 3.67. The number of hydrogen-bond acceptors (Lipinski definition) is 4. The topological polar surface area (TPSA) is 28.2 Å². The Hall–Kier alpha value is -1.13. The predicted octanol–water partition coefficient (Wildman–Crippen LogP) is 3.60. The van der Waals surface area contributed by atoms with Gasteiger partial charge in [-0.3, -0.25) is 0 Å². The highest BCUT2D eigenvalue weighted by molar-refractivity contribution is 7.22. The van der Waals surface area contributed by atoms with Crippen LogP contribution in [-0.4, -0.2) is 37.1 Å². The summed E-state index contributed by atoms with van der Waals surface area (Å²) in [6.45, 7) is 8.66. The minimum Gasteiger partial charge on any atom is -0.361 e. The average molecular weight is 277 g/mol. The lowest BCUT2D eigenvalue weighted by Crippen LogP contribution is -2.34. The SMILES string of the molecule is Cc1cccc2sc(NCC(C)(C)CN(C)C)nc12. The van der Waals surface area contributed by atoms with Crippen LogP contribution in [0.15, 0.2) is 18.2 Å². The van der Waals surface area contributed by atoms with Gasteiger partial charge in [-0.25, -0.2) is 4.98 Å². The van der Waals surface area contributed by atoms with Crippen molar-refractivity contribution in [2.75, 3.05) is 32.5 Å². The van der Waals surface area contributed by atoms with E-state index in [1.54, 1.807) is 11.3 Å². The molecule has 0 radical (unpaired) electrons. The normalized spacial score (nSPS) is 12.3. The lowest BCUT2D eigenvalue weighted by molar-refractivity contribution is 0.254. The van der Waals surface area contributed by atoms with Gasteiger partial charge >= 0.3 is 0 Å². The highest BCUT2D eigenvalue weighted by atomic mass is 32.1. The Balaban J connectivity index is 2.08. The van der Waals surface area contributed by atoms with E-state index in [9.17, 15) is 0 Å². The summed E-state index contributed by atoms with van der Waals surface area (Å²) >= 11 is 1.74. The summed E-state index contributed by atoms with van der Waals surface area (Å²) in [6.07, 6.45) is 0. The highest BCUT2D eigenvalue weighted by Crippen LogP contribution is 2.28. The summed E-state index contributed by atoms with van der Waals surface area (Å²) in [4.78, 5) is 6.91. The molecule has 1 N–H and O–H groups in total. The van der Waals surface area contributed by atoms with Gasteiger partial charge in [-0.1, -0.05) is 37.3 Å². The van der Waals surface area contributed by atoms with Gasteiger partial charge < -0.3 is 10.2 Å². The monoisotopic (exact) mass is 277 g/mol. The molecule has 19 heavy (non-hydrogen) atoms. The molecule has 0 saturated heterocycles. The number of benzene rings is 1. The Morgan fingerprint density at radius 1 is 1.32 bits per heavy atom. The number of para-hydroxylation sites is 1. The summed E-state index contributed by atoms with van der Waals surface area (Å²) in [7, 11) is 4.23. The van der Waals surface area contributed by atoms with E-state index in [1.165, 1.54) is 10.3 Å². The molecule has 0 aliphatic carbocycles. The smallest absolute Gasteiger partial charge is 0.183 e. The third-order valence-electron chi connectivity index (χ3n) is 3.08. The summed E-state index contributed by atoms with van der Waals surface area (Å²) in [5.74, 6) is 0. The van der Waals surface area contributed by atoms with Crippen LogP contribution in [-0.2, 0) is 0 Å². The van der Waals surface area contributed by atoms with E-state index in [2.05, 4.69) is 68.3 Å². The first-order valence-electron chi connectivity index (χ1n) is 6.62. The van der Waals surface area contributed by atoms with Gasteiger partial charge in [0.25, 0.3) is 0 Å². The summed E-state index contributed by atoms with van der Waals surface area (Å²) in [5, 5.41) is 4.51. The molecule has 3 nitrogen and oxygen atoms in total. The molecule has 0 spiro atoms. The molecule has 0 fully saturated rings. The largest absolute Gasteiger partial charge is 0.361 e. The molecule has 2 rings (SSSR count). The van der Waals surface area contributed by atoms with Crippen LogP contribution in [0.5, 0.6) is 0 Å². The van der Waals surface area contributed by atoms with Crippen LogP contribution in [0.2, 0.25) is 0 Å². The molecule has 0 saturated carbocycles. The van der Waals surface area contributed by atoms with Gasteiger partial charge in [0.2, 0.25) is 0 Å². The van der Waals surface area contributed by atoms with E-state index < -0.39 is 0 Å². The van der Waals surface area contributed by atoms with Crippen molar-refractivity contribution in [2.24, 2.45) is 5.41 Å². The van der Waals surface area contributed by atoms with Crippen molar-refractivity contribution in [3.63, 3.8) is 0 Å². The second-order valence-electron chi connectivity index (χ2n) is 6.20. The average Bonchev–Trinajstić information content (AvgIpc) is 2.69. The fourth-order valence-electron chi connectivity index (χ4n) is 2.39. The van der Waals surface area contributed by atoms with Gasteiger partial charge in [0, 0.05) is 13.1 Å². The number of nitrogens with one attached hydrogen (secondary N) is 1. The van der Waals surface area contributed by atoms with Crippen LogP contribution >= 0.6 is 11.3 Å². The molecule has 1 aromatic carbocycles. The molecule has 0 amide bonds. The molecule has 0 aliphatic heterocycles. The Labute approximate surface area is 119 Å². The van der Waals surface area contributed by atoms with Gasteiger partial charge in [-0.05, 0) is 38.1 Å². The van der Waals surface area contributed by atoms with Crippen LogP contribution in [0.4, 0.5) is 5.13 Å². The molecule has 1 aromatic heterocycles. The minimum absolute atomic E-state index is 0.233. The number of anilines is 1. The number of thiazole rings is 1. The second-order valence-corrected chi connectivity index (χ2v) is 7.23. The molecular formula is C15H23N3S. The van der Waals surface area contributed by atoms with Crippen molar-refractivity contribution in [2.45, 2.75) is 20.8 Å². The molecule has 1 heterocycles. The Bertz CT molecular complexity index is 558. The lowest BCUT2D eigenvalue weighted by Gasteiger charge is -2.28. The van der Waals surface area contributed by atoms with Crippen molar-refractivity contribution in [1.82, 2.24) is 9.88 Å². The molecule has 0 unspecified atom stereocenters. The maximum absolute atomic E-state index is 4.69. The van der Waals surface area contributed by atoms with E-state index in [0.29, 0.717) is 0 Å². The highest BCUT2D eigenvalue weighted by Gasteiger charge is 2.19.